The Kier molecular flexibility index (Phi) is 4.94. The maximum Gasteiger partial charge on any atom is 0.258 e. The fourth-order valence-corrected chi connectivity index (χ4v) is 5.08. The molecule has 0 saturated heterocycles. The van der Waals surface area contributed by atoms with E-state index in [1.807, 2.05) is 42.5 Å². The predicted molar refractivity (Wildman–Crippen MR) is 112 cm³/mol. The molecule has 0 atom stereocenters. The Morgan fingerprint density at radius 3 is 2.56 bits per heavy atom. The van der Waals surface area contributed by atoms with Gasteiger partial charge in [0.2, 0.25) is 5.91 Å². The normalized spacial score (nSPS) is 13.7. The highest BCUT2D eigenvalue weighted by Crippen LogP contribution is 2.38. The molecule has 2 N–H and O–H groups in total. The highest BCUT2D eigenvalue weighted by atomic mass is 32.1. The highest BCUT2D eigenvalue weighted by Gasteiger charge is 2.25. The lowest BCUT2D eigenvalue weighted by Gasteiger charge is -2.11. The SMILES string of the molecule is CC(=O)Nc1sc2c(c1C(=O)Nc1cccc3ccccc13)CCCCC2. The van der Waals surface area contributed by atoms with Crippen molar-refractivity contribution in [3.05, 3.63) is 58.5 Å². The molecule has 1 aromatic heterocycles. The molecule has 2 aromatic carbocycles. The summed E-state index contributed by atoms with van der Waals surface area (Å²) in [6.45, 7) is 1.48. The number of hydrogen-bond donors (Lipinski definition) is 2. The first-order valence-electron chi connectivity index (χ1n) is 9.34. The lowest BCUT2D eigenvalue weighted by atomic mass is 10.0. The van der Waals surface area contributed by atoms with Crippen molar-refractivity contribution >= 4 is 44.6 Å². The fourth-order valence-electron chi connectivity index (χ4n) is 3.75. The first kappa shape index (κ1) is 17.7. The van der Waals surface area contributed by atoms with Crippen LogP contribution in [-0.2, 0) is 17.6 Å². The van der Waals surface area contributed by atoms with Crippen molar-refractivity contribution in [2.24, 2.45) is 0 Å². The predicted octanol–water partition coefficient (Wildman–Crippen LogP) is 5.38. The van der Waals surface area contributed by atoms with E-state index in [1.54, 1.807) is 11.3 Å². The largest absolute Gasteiger partial charge is 0.321 e. The Bertz CT molecular complexity index is 1020. The molecule has 5 heteroatoms. The van der Waals surface area contributed by atoms with Gasteiger partial charge in [-0.05, 0) is 42.7 Å². The number of anilines is 2. The van der Waals surface area contributed by atoms with Gasteiger partial charge in [-0.1, -0.05) is 42.8 Å². The van der Waals surface area contributed by atoms with Crippen LogP contribution in [0.3, 0.4) is 0 Å². The third-order valence-corrected chi connectivity index (χ3v) is 6.18. The smallest absolute Gasteiger partial charge is 0.258 e. The van der Waals surface area contributed by atoms with Crippen LogP contribution in [0.4, 0.5) is 10.7 Å². The number of amides is 2. The van der Waals surface area contributed by atoms with Crippen LogP contribution >= 0.6 is 11.3 Å². The van der Waals surface area contributed by atoms with Gasteiger partial charge in [0.15, 0.2) is 0 Å². The Morgan fingerprint density at radius 2 is 1.70 bits per heavy atom. The van der Waals surface area contributed by atoms with Gasteiger partial charge in [-0.15, -0.1) is 11.3 Å². The van der Waals surface area contributed by atoms with E-state index >= 15 is 0 Å². The van der Waals surface area contributed by atoms with Gasteiger partial charge in [0.05, 0.1) is 5.56 Å². The molecule has 0 spiro atoms. The van der Waals surface area contributed by atoms with Crippen LogP contribution in [-0.4, -0.2) is 11.8 Å². The summed E-state index contributed by atoms with van der Waals surface area (Å²) in [4.78, 5) is 26.2. The second-order valence-corrected chi connectivity index (χ2v) is 8.04. The minimum atomic E-state index is -0.148. The molecule has 1 heterocycles. The summed E-state index contributed by atoms with van der Waals surface area (Å²) in [5, 5.41) is 8.73. The molecule has 0 bridgehead atoms. The molecule has 0 fully saturated rings. The van der Waals surface area contributed by atoms with Gasteiger partial charge in [0.1, 0.15) is 5.00 Å². The van der Waals surface area contributed by atoms with Gasteiger partial charge in [-0.3, -0.25) is 9.59 Å². The summed E-state index contributed by atoms with van der Waals surface area (Å²) in [5.41, 5.74) is 2.54. The van der Waals surface area contributed by atoms with Crippen molar-refractivity contribution in [1.29, 1.82) is 0 Å². The van der Waals surface area contributed by atoms with Crippen molar-refractivity contribution in [2.75, 3.05) is 10.6 Å². The van der Waals surface area contributed by atoms with Crippen LogP contribution in [0.5, 0.6) is 0 Å². The van der Waals surface area contributed by atoms with Gasteiger partial charge in [0, 0.05) is 22.9 Å². The van der Waals surface area contributed by atoms with Gasteiger partial charge >= 0.3 is 0 Å². The van der Waals surface area contributed by atoms with E-state index in [0.29, 0.717) is 10.6 Å². The molecule has 27 heavy (non-hydrogen) atoms. The molecule has 1 aliphatic carbocycles. The van der Waals surface area contributed by atoms with E-state index in [2.05, 4.69) is 10.6 Å². The van der Waals surface area contributed by atoms with Crippen LogP contribution < -0.4 is 10.6 Å². The quantitative estimate of drug-likeness (QED) is 0.601. The number of rotatable bonds is 3. The Morgan fingerprint density at radius 1 is 0.926 bits per heavy atom. The zero-order valence-electron chi connectivity index (χ0n) is 15.3. The molecule has 3 aromatic rings. The molecule has 0 unspecified atom stereocenters. The second-order valence-electron chi connectivity index (χ2n) is 6.93. The van der Waals surface area contributed by atoms with Gasteiger partial charge < -0.3 is 10.6 Å². The van der Waals surface area contributed by atoms with E-state index in [1.165, 1.54) is 18.2 Å². The Labute approximate surface area is 162 Å². The van der Waals surface area contributed by atoms with Crippen molar-refractivity contribution in [2.45, 2.75) is 39.0 Å². The first-order valence-corrected chi connectivity index (χ1v) is 10.2. The summed E-state index contributed by atoms with van der Waals surface area (Å²) in [5.74, 6) is -0.292. The summed E-state index contributed by atoms with van der Waals surface area (Å²) < 4.78 is 0. The molecule has 0 radical (unpaired) electrons. The Balaban J connectivity index is 1.74. The third-order valence-electron chi connectivity index (χ3n) is 4.98. The number of benzene rings is 2. The maximum absolute atomic E-state index is 13.2. The van der Waals surface area contributed by atoms with Gasteiger partial charge in [-0.25, -0.2) is 0 Å². The lowest BCUT2D eigenvalue weighted by Crippen LogP contribution is -2.17. The summed E-state index contributed by atoms with van der Waals surface area (Å²) in [6, 6.07) is 13.9. The third kappa shape index (κ3) is 3.60. The minimum Gasteiger partial charge on any atom is -0.321 e. The molecular weight excluding hydrogens is 356 g/mol. The first-order chi connectivity index (χ1) is 13.1. The van der Waals surface area contributed by atoms with Crippen molar-refractivity contribution in [1.82, 2.24) is 0 Å². The van der Waals surface area contributed by atoms with Crippen molar-refractivity contribution in [3.8, 4) is 0 Å². The molecule has 0 saturated carbocycles. The van der Waals surface area contributed by atoms with E-state index in [0.717, 1.165) is 47.7 Å². The van der Waals surface area contributed by atoms with Crippen LogP contribution in [0.25, 0.3) is 10.8 Å². The average molecular weight is 378 g/mol. The summed E-state index contributed by atoms with van der Waals surface area (Å²) in [6.07, 6.45) is 5.27. The molecular formula is C22H22N2O2S. The number of thiophene rings is 1. The van der Waals surface area contributed by atoms with Crippen LogP contribution in [0, 0.1) is 0 Å². The second kappa shape index (κ2) is 7.53. The van der Waals surface area contributed by atoms with Gasteiger partial charge in [-0.2, -0.15) is 0 Å². The zero-order chi connectivity index (χ0) is 18.8. The highest BCUT2D eigenvalue weighted by molar-refractivity contribution is 7.17. The lowest BCUT2D eigenvalue weighted by molar-refractivity contribution is -0.114. The number of carbonyl (C=O) groups excluding carboxylic acids is 2. The van der Waals surface area contributed by atoms with Crippen LogP contribution in [0.1, 0.15) is 47.0 Å². The van der Waals surface area contributed by atoms with Gasteiger partial charge in [0.25, 0.3) is 5.91 Å². The van der Waals surface area contributed by atoms with E-state index < -0.39 is 0 Å². The average Bonchev–Trinajstić information content (AvgIpc) is 2.82. The van der Waals surface area contributed by atoms with Crippen LogP contribution in [0.2, 0.25) is 0 Å². The molecule has 4 nitrogen and oxygen atoms in total. The monoisotopic (exact) mass is 378 g/mol. The molecule has 1 aliphatic rings. The molecule has 138 valence electrons. The molecule has 4 rings (SSSR count). The zero-order valence-corrected chi connectivity index (χ0v) is 16.1. The molecule has 2 amide bonds. The van der Waals surface area contributed by atoms with Crippen molar-refractivity contribution < 1.29 is 9.59 Å². The molecule has 0 aliphatic heterocycles. The minimum absolute atomic E-state index is 0.144. The number of hydrogen-bond acceptors (Lipinski definition) is 3. The fraction of sp³-hybridized carbons (Fsp3) is 0.273. The van der Waals surface area contributed by atoms with Crippen LogP contribution in [0.15, 0.2) is 42.5 Å². The van der Waals surface area contributed by atoms with E-state index in [9.17, 15) is 9.59 Å². The summed E-state index contributed by atoms with van der Waals surface area (Å²) in [7, 11) is 0. The van der Waals surface area contributed by atoms with Crippen molar-refractivity contribution in [3.63, 3.8) is 0 Å². The maximum atomic E-state index is 13.2. The number of fused-ring (bicyclic) bond motifs is 2. The number of carbonyl (C=O) groups is 2. The van der Waals surface area contributed by atoms with E-state index in [4.69, 9.17) is 0 Å². The number of aryl methyl sites for hydroxylation is 1. The summed E-state index contributed by atoms with van der Waals surface area (Å²) >= 11 is 1.55. The Hall–Kier alpha value is -2.66. The standard InChI is InChI=1S/C22H22N2O2S/c1-14(25)23-22-20(17-11-3-2-4-13-19(17)27-22)21(26)24-18-12-7-9-15-8-5-6-10-16(15)18/h5-10,12H,2-4,11,13H2,1H3,(H,23,25)(H,24,26). The number of nitrogens with one attached hydrogen (secondary N) is 2. The topological polar surface area (TPSA) is 58.2 Å². The van der Waals surface area contributed by atoms with E-state index in [-0.39, 0.29) is 11.8 Å².